The van der Waals surface area contributed by atoms with Crippen LogP contribution >= 0.6 is 0 Å². The van der Waals surface area contributed by atoms with E-state index in [0.29, 0.717) is 5.56 Å². The van der Waals surface area contributed by atoms with Gasteiger partial charge in [-0.25, -0.2) is 0 Å². The summed E-state index contributed by atoms with van der Waals surface area (Å²) < 4.78 is 14.0. The van der Waals surface area contributed by atoms with Crippen LogP contribution in [0.3, 0.4) is 0 Å². The van der Waals surface area contributed by atoms with Gasteiger partial charge in [0.15, 0.2) is 0 Å². The van der Waals surface area contributed by atoms with Crippen LogP contribution < -0.4 is 4.74 Å². The van der Waals surface area contributed by atoms with Crippen molar-refractivity contribution in [3.05, 3.63) is 259 Å². The van der Waals surface area contributed by atoms with Gasteiger partial charge in [-0.1, -0.05) is 121 Å². The van der Waals surface area contributed by atoms with E-state index in [0.717, 1.165) is 117 Å². The van der Waals surface area contributed by atoms with E-state index < -0.39 is 5.41 Å². The fourth-order valence-corrected chi connectivity index (χ4v) is 12.7. The first-order chi connectivity index (χ1) is 36.2. The maximum Gasteiger partial charge on any atom is 0.132 e. The Labute approximate surface area is 418 Å². The Hall–Kier alpha value is -10.0. The van der Waals surface area contributed by atoms with Crippen molar-refractivity contribution in [2.24, 2.45) is 0 Å². The molecule has 0 amide bonds. The standard InChI is InChI=1S/C66H38N6O/c67-38-40-27-30-58-48(34-40)49-35-41(28-31-59(49)72(58)61-25-11-10-24-60(61)71-56-22-8-3-16-46(56)47-17-4-9-23-57(47)71)42-29-32-63-52(36-42)66(50-18-5-12-26-62(50)73-63)51-19-13-33-68-64(51)65-53(66)37-43(39-69-65)70-54-20-6-1-14-44(54)45-15-2-7-21-55(45)70/h1-37,39H. The number of nitrogens with zero attached hydrogens (tertiary/aromatic N) is 6. The molecule has 7 nitrogen and oxygen atoms in total. The molecule has 5 aromatic heterocycles. The van der Waals surface area contributed by atoms with Gasteiger partial charge in [0.05, 0.1) is 84.8 Å². The molecule has 9 aromatic carbocycles. The van der Waals surface area contributed by atoms with Crippen LogP contribution in [0.25, 0.3) is 105 Å². The molecule has 0 radical (unpaired) electrons. The minimum absolute atomic E-state index is 0.611. The predicted molar refractivity (Wildman–Crippen MR) is 293 cm³/mol. The summed E-state index contributed by atoms with van der Waals surface area (Å²) in [5, 5.41) is 17.2. The Morgan fingerprint density at radius 2 is 0.890 bits per heavy atom. The predicted octanol–water partition coefficient (Wildman–Crippen LogP) is 15.8. The van der Waals surface area contributed by atoms with Gasteiger partial charge in [0, 0.05) is 55.2 Å². The minimum Gasteiger partial charge on any atom is -0.457 e. The number of hydrogen-bond acceptors (Lipinski definition) is 4. The summed E-state index contributed by atoms with van der Waals surface area (Å²) in [7, 11) is 0. The number of hydrogen-bond donors (Lipinski definition) is 0. The maximum atomic E-state index is 10.3. The molecule has 6 heterocycles. The molecule has 1 atom stereocenters. The molecule has 1 spiro atoms. The normalized spacial score (nSPS) is 14.5. The number of ether oxygens (including phenoxy) is 1. The summed E-state index contributed by atoms with van der Waals surface area (Å²) in [6.07, 6.45) is 3.87. The van der Waals surface area contributed by atoms with Crippen LogP contribution in [-0.2, 0) is 5.41 Å². The quantitative estimate of drug-likeness (QED) is 0.176. The second kappa shape index (κ2) is 14.8. The first-order valence-corrected chi connectivity index (χ1v) is 24.6. The lowest BCUT2D eigenvalue weighted by Gasteiger charge is -2.39. The van der Waals surface area contributed by atoms with Crippen LogP contribution in [0.15, 0.2) is 231 Å². The second-order valence-corrected chi connectivity index (χ2v) is 19.2. The van der Waals surface area contributed by atoms with Gasteiger partial charge in [-0.05, 0) is 114 Å². The van der Waals surface area contributed by atoms with Crippen molar-refractivity contribution >= 4 is 65.4 Å². The van der Waals surface area contributed by atoms with E-state index >= 15 is 0 Å². The summed E-state index contributed by atoms with van der Waals surface area (Å²) in [5.74, 6) is 1.58. The second-order valence-electron chi connectivity index (χ2n) is 19.2. The molecule has 0 saturated heterocycles. The van der Waals surface area contributed by atoms with Gasteiger partial charge in [0.25, 0.3) is 0 Å². The van der Waals surface area contributed by atoms with Crippen LogP contribution in [0.2, 0.25) is 0 Å². The van der Waals surface area contributed by atoms with Crippen LogP contribution in [0, 0.1) is 11.3 Å². The maximum absolute atomic E-state index is 10.3. The van der Waals surface area contributed by atoms with E-state index in [9.17, 15) is 5.26 Å². The van der Waals surface area contributed by atoms with Crippen molar-refractivity contribution in [1.82, 2.24) is 23.7 Å². The van der Waals surface area contributed by atoms with Crippen molar-refractivity contribution in [2.75, 3.05) is 0 Å². The molecule has 73 heavy (non-hydrogen) atoms. The Kier molecular flexibility index (Phi) is 8.04. The van der Waals surface area contributed by atoms with E-state index in [2.05, 4.69) is 214 Å². The van der Waals surface area contributed by atoms with Crippen molar-refractivity contribution in [1.29, 1.82) is 5.26 Å². The number of para-hydroxylation sites is 7. The van der Waals surface area contributed by atoms with E-state index in [4.69, 9.17) is 14.7 Å². The van der Waals surface area contributed by atoms with Crippen LogP contribution in [0.5, 0.6) is 11.5 Å². The van der Waals surface area contributed by atoms with Gasteiger partial charge < -0.3 is 18.4 Å². The SMILES string of the molecule is N#Cc1ccc2c(c1)c1cc(-c3ccc4c(c3)C3(c5ccccc5O4)c4cccnc4-c4ncc(-n5c6ccccc6c6ccccc65)cc43)ccc1n2-c1ccccc1-n1c2ccccc2c2ccccc21. The van der Waals surface area contributed by atoms with E-state index in [1.807, 2.05) is 36.7 Å². The van der Waals surface area contributed by atoms with Crippen LogP contribution in [-0.4, -0.2) is 23.7 Å². The molecule has 0 saturated carbocycles. The highest BCUT2D eigenvalue weighted by molar-refractivity contribution is 6.13. The Morgan fingerprint density at radius 1 is 0.384 bits per heavy atom. The van der Waals surface area contributed by atoms with Gasteiger partial charge in [-0.2, -0.15) is 5.26 Å². The summed E-state index contributed by atoms with van der Waals surface area (Å²) in [4.78, 5) is 10.4. The Morgan fingerprint density at radius 3 is 1.56 bits per heavy atom. The number of benzene rings is 9. The highest BCUT2D eigenvalue weighted by atomic mass is 16.5. The first-order valence-electron chi connectivity index (χ1n) is 24.6. The molecule has 2 aliphatic rings. The van der Waals surface area contributed by atoms with Crippen LogP contribution in [0.1, 0.15) is 27.8 Å². The zero-order valence-corrected chi connectivity index (χ0v) is 39.0. The summed E-state index contributed by atoms with van der Waals surface area (Å²) in [6, 6.07) is 80.1. The summed E-state index contributed by atoms with van der Waals surface area (Å²) in [6.45, 7) is 0. The largest absolute Gasteiger partial charge is 0.457 e. The Balaban J connectivity index is 0.925. The van der Waals surface area contributed by atoms with Crippen molar-refractivity contribution in [3.8, 4) is 57.1 Å². The molecule has 1 unspecified atom stereocenters. The molecular formula is C66H38N6O. The van der Waals surface area contributed by atoms with Crippen molar-refractivity contribution in [2.45, 2.75) is 5.41 Å². The zero-order valence-electron chi connectivity index (χ0n) is 39.0. The topological polar surface area (TPSA) is 73.6 Å². The molecule has 16 rings (SSSR count). The van der Waals surface area contributed by atoms with Gasteiger partial charge in [0.1, 0.15) is 11.5 Å². The molecule has 1 aliphatic carbocycles. The fraction of sp³-hybridized carbons (Fsp3) is 0.0152. The molecule has 0 bridgehead atoms. The third-order valence-electron chi connectivity index (χ3n) is 15.6. The lowest BCUT2D eigenvalue weighted by Crippen LogP contribution is -2.32. The molecule has 1 aliphatic heterocycles. The summed E-state index contributed by atoms with van der Waals surface area (Å²) in [5.41, 5.74) is 17.5. The van der Waals surface area contributed by atoms with Gasteiger partial charge in [-0.3, -0.25) is 9.97 Å². The van der Waals surface area contributed by atoms with Crippen molar-refractivity contribution in [3.63, 3.8) is 0 Å². The van der Waals surface area contributed by atoms with Gasteiger partial charge in [0.2, 0.25) is 0 Å². The smallest absolute Gasteiger partial charge is 0.132 e. The van der Waals surface area contributed by atoms with E-state index in [1.54, 1.807) is 0 Å². The number of fused-ring (bicyclic) bond motifs is 18. The average molecular weight is 931 g/mol. The minimum atomic E-state index is -0.820. The average Bonchev–Trinajstić information content (AvgIpc) is 4.17. The number of pyridine rings is 2. The monoisotopic (exact) mass is 930 g/mol. The van der Waals surface area contributed by atoms with Gasteiger partial charge in [-0.15, -0.1) is 0 Å². The first kappa shape index (κ1) is 39.8. The molecule has 338 valence electrons. The zero-order chi connectivity index (χ0) is 47.9. The molecule has 7 heteroatoms. The molecule has 0 fully saturated rings. The van der Waals surface area contributed by atoms with Gasteiger partial charge >= 0.3 is 0 Å². The Bertz CT molecular complexity index is 4650. The third-order valence-corrected chi connectivity index (χ3v) is 15.6. The number of nitriles is 1. The lowest BCUT2D eigenvalue weighted by molar-refractivity contribution is 0.436. The summed E-state index contributed by atoms with van der Waals surface area (Å²) >= 11 is 0. The number of aromatic nitrogens is 5. The molecule has 0 N–H and O–H groups in total. The van der Waals surface area contributed by atoms with E-state index in [1.165, 1.54) is 21.5 Å². The number of rotatable bonds is 4. The van der Waals surface area contributed by atoms with Crippen LogP contribution in [0.4, 0.5) is 0 Å². The van der Waals surface area contributed by atoms with E-state index in [-0.39, 0.29) is 0 Å². The highest BCUT2D eigenvalue weighted by Crippen LogP contribution is 2.62. The fourth-order valence-electron chi connectivity index (χ4n) is 12.7. The molecule has 14 aromatic rings. The molecular weight excluding hydrogens is 893 g/mol. The van der Waals surface area contributed by atoms with Crippen molar-refractivity contribution < 1.29 is 4.74 Å². The third kappa shape index (κ3) is 5.30. The highest BCUT2D eigenvalue weighted by Gasteiger charge is 2.52. The lowest BCUT2D eigenvalue weighted by atomic mass is 9.66.